The Morgan fingerprint density at radius 3 is 2.56 bits per heavy atom. The van der Waals surface area contributed by atoms with Gasteiger partial charge in [-0.05, 0) is 42.3 Å². The first-order chi connectivity index (χ1) is 13.1. The van der Waals surface area contributed by atoms with Crippen LogP contribution in [0.4, 0.5) is 0 Å². The average Bonchev–Trinajstić information content (AvgIpc) is 3.07. The first-order valence-electron chi connectivity index (χ1n) is 8.73. The van der Waals surface area contributed by atoms with Crippen LogP contribution in [0.5, 0.6) is 0 Å². The molecule has 1 aromatic carbocycles. The zero-order valence-electron chi connectivity index (χ0n) is 15.9. The van der Waals surface area contributed by atoms with Gasteiger partial charge in [0.15, 0.2) is 0 Å². The first kappa shape index (κ1) is 20.5. The van der Waals surface area contributed by atoms with Crippen LogP contribution >= 0.6 is 11.6 Å². The minimum Gasteiger partial charge on any atom is -0.497 e. The molecule has 1 heterocycles. The fraction of sp³-hybridized carbons (Fsp3) is 0.174. The van der Waals surface area contributed by atoms with Crippen LogP contribution in [-0.2, 0) is 17.7 Å². The minimum absolute atomic E-state index is 0.623. The van der Waals surface area contributed by atoms with E-state index in [0.29, 0.717) is 12.3 Å². The summed E-state index contributed by atoms with van der Waals surface area (Å²) in [6.07, 6.45) is 12.4. The molecule has 2 aromatic rings. The third kappa shape index (κ3) is 6.15. The van der Waals surface area contributed by atoms with Crippen molar-refractivity contribution in [2.45, 2.75) is 19.9 Å². The molecular formula is C23H25ClN2O. The van der Waals surface area contributed by atoms with Crippen LogP contribution in [0, 0.1) is 0 Å². The van der Waals surface area contributed by atoms with Gasteiger partial charge in [-0.2, -0.15) is 5.10 Å². The molecule has 0 N–H and O–H groups in total. The molecule has 0 spiro atoms. The second kappa shape index (κ2) is 10.4. The molecule has 0 aliphatic heterocycles. The van der Waals surface area contributed by atoms with Crippen molar-refractivity contribution < 1.29 is 4.74 Å². The lowest BCUT2D eigenvalue weighted by Gasteiger charge is -2.04. The van der Waals surface area contributed by atoms with E-state index in [2.05, 4.69) is 31.4 Å². The number of nitrogens with zero attached hydrogens (tertiary/aromatic N) is 2. The minimum atomic E-state index is 0.623. The Balaban J connectivity index is 2.20. The summed E-state index contributed by atoms with van der Waals surface area (Å²) in [5.41, 5.74) is 4.31. The van der Waals surface area contributed by atoms with Gasteiger partial charge in [-0.1, -0.05) is 60.7 Å². The second-order valence-corrected chi connectivity index (χ2v) is 6.36. The van der Waals surface area contributed by atoms with Gasteiger partial charge in [-0.25, -0.2) is 0 Å². The summed E-state index contributed by atoms with van der Waals surface area (Å²) in [6, 6.07) is 9.91. The molecule has 0 saturated heterocycles. The van der Waals surface area contributed by atoms with E-state index < -0.39 is 0 Å². The predicted molar refractivity (Wildman–Crippen MR) is 115 cm³/mol. The molecular weight excluding hydrogens is 356 g/mol. The van der Waals surface area contributed by atoms with Gasteiger partial charge in [0.05, 0.1) is 25.0 Å². The van der Waals surface area contributed by atoms with E-state index in [0.717, 1.165) is 28.4 Å². The van der Waals surface area contributed by atoms with E-state index in [9.17, 15) is 0 Å². The maximum Gasteiger partial charge on any atom is 0.111 e. The van der Waals surface area contributed by atoms with Crippen LogP contribution < -0.4 is 0 Å². The lowest BCUT2D eigenvalue weighted by atomic mass is 10.1. The summed E-state index contributed by atoms with van der Waals surface area (Å²) >= 11 is 6.01. The van der Waals surface area contributed by atoms with Gasteiger partial charge >= 0.3 is 0 Å². The smallest absolute Gasteiger partial charge is 0.111 e. The zero-order chi connectivity index (χ0) is 19.6. The van der Waals surface area contributed by atoms with Crippen LogP contribution in [0.2, 0.25) is 5.02 Å². The molecule has 0 bridgehead atoms. The standard InChI is InChI=1S/C23H25ClN2O/c1-5-15-26-23(20-11-13-21(24)14-12-20)17-22(25-26)16-19(6-2)10-8-7-9-18(3)27-4/h5-14,17H,1,3,15-16H2,2,4H3/b9-7-,10-8-,19-6+. The molecule has 27 heavy (non-hydrogen) atoms. The maximum absolute atomic E-state index is 6.01. The van der Waals surface area contributed by atoms with E-state index in [1.54, 1.807) is 7.11 Å². The molecule has 0 aliphatic carbocycles. The number of halogens is 1. The Morgan fingerprint density at radius 1 is 1.22 bits per heavy atom. The van der Waals surface area contributed by atoms with Gasteiger partial charge in [0, 0.05) is 11.4 Å². The molecule has 0 unspecified atom stereocenters. The summed E-state index contributed by atoms with van der Waals surface area (Å²) in [6.45, 7) is 10.3. The summed E-state index contributed by atoms with van der Waals surface area (Å²) in [5, 5.41) is 5.46. The normalized spacial score (nSPS) is 12.0. The molecule has 0 fully saturated rings. The summed E-state index contributed by atoms with van der Waals surface area (Å²) in [5.74, 6) is 0.623. The van der Waals surface area contributed by atoms with Crippen molar-refractivity contribution in [3.8, 4) is 11.3 Å². The Hall–Kier alpha value is -2.78. The van der Waals surface area contributed by atoms with Crippen LogP contribution in [-0.4, -0.2) is 16.9 Å². The Labute approximate surface area is 166 Å². The third-order valence-electron chi connectivity index (χ3n) is 3.99. The molecule has 1 aromatic heterocycles. The van der Waals surface area contributed by atoms with Crippen LogP contribution in [0.25, 0.3) is 11.3 Å². The molecule has 4 heteroatoms. The number of aromatic nitrogens is 2. The topological polar surface area (TPSA) is 27.1 Å². The SMILES string of the molecule is C=CCn1nc(CC(/C=C\C=C/C(=C)OC)=C/C)cc1-c1ccc(Cl)cc1. The van der Waals surface area contributed by atoms with Gasteiger partial charge in [-0.3, -0.25) is 4.68 Å². The molecule has 0 amide bonds. The van der Waals surface area contributed by atoms with Crippen LogP contribution in [0.15, 0.2) is 91.3 Å². The molecule has 3 nitrogen and oxygen atoms in total. The van der Waals surface area contributed by atoms with Crippen molar-refractivity contribution in [3.05, 3.63) is 102 Å². The van der Waals surface area contributed by atoms with E-state index >= 15 is 0 Å². The lowest BCUT2D eigenvalue weighted by molar-refractivity contribution is 0.309. The van der Waals surface area contributed by atoms with E-state index in [1.165, 1.54) is 5.57 Å². The monoisotopic (exact) mass is 380 g/mol. The summed E-state index contributed by atoms with van der Waals surface area (Å²) in [7, 11) is 1.60. The third-order valence-corrected chi connectivity index (χ3v) is 4.25. The highest BCUT2D eigenvalue weighted by Crippen LogP contribution is 2.24. The first-order valence-corrected chi connectivity index (χ1v) is 9.11. The van der Waals surface area contributed by atoms with Crippen LogP contribution in [0.3, 0.4) is 0 Å². The lowest BCUT2D eigenvalue weighted by Crippen LogP contribution is -2.01. The van der Waals surface area contributed by atoms with E-state index in [-0.39, 0.29) is 0 Å². The largest absolute Gasteiger partial charge is 0.497 e. The van der Waals surface area contributed by atoms with Crippen molar-refractivity contribution in [1.82, 2.24) is 9.78 Å². The Morgan fingerprint density at radius 2 is 1.93 bits per heavy atom. The fourth-order valence-electron chi connectivity index (χ4n) is 2.55. The number of ether oxygens (including phenoxy) is 1. The van der Waals surface area contributed by atoms with Crippen LogP contribution in [0.1, 0.15) is 12.6 Å². The number of benzene rings is 1. The Bertz CT molecular complexity index is 870. The van der Waals surface area contributed by atoms with Gasteiger partial charge < -0.3 is 4.74 Å². The van der Waals surface area contributed by atoms with Crippen molar-refractivity contribution in [1.29, 1.82) is 0 Å². The van der Waals surface area contributed by atoms with E-state index in [4.69, 9.17) is 21.4 Å². The zero-order valence-corrected chi connectivity index (χ0v) is 16.6. The highest BCUT2D eigenvalue weighted by Gasteiger charge is 2.10. The number of methoxy groups -OCH3 is 1. The second-order valence-electron chi connectivity index (χ2n) is 5.93. The molecule has 0 aliphatic rings. The van der Waals surface area contributed by atoms with Gasteiger partial charge in [0.2, 0.25) is 0 Å². The van der Waals surface area contributed by atoms with Crippen molar-refractivity contribution in [2.24, 2.45) is 0 Å². The van der Waals surface area contributed by atoms with E-state index in [1.807, 2.05) is 60.2 Å². The number of rotatable bonds is 9. The van der Waals surface area contributed by atoms with Gasteiger partial charge in [-0.15, -0.1) is 6.58 Å². The molecule has 0 atom stereocenters. The number of hydrogen-bond acceptors (Lipinski definition) is 2. The highest BCUT2D eigenvalue weighted by molar-refractivity contribution is 6.30. The van der Waals surface area contributed by atoms with Gasteiger partial charge in [0.25, 0.3) is 0 Å². The van der Waals surface area contributed by atoms with Gasteiger partial charge in [0.1, 0.15) is 5.76 Å². The van der Waals surface area contributed by atoms with Crippen molar-refractivity contribution in [3.63, 3.8) is 0 Å². The summed E-state index contributed by atoms with van der Waals surface area (Å²) < 4.78 is 6.97. The Kier molecular flexibility index (Phi) is 7.90. The fourth-order valence-corrected chi connectivity index (χ4v) is 2.67. The van der Waals surface area contributed by atoms with Crippen molar-refractivity contribution in [2.75, 3.05) is 7.11 Å². The summed E-state index contributed by atoms with van der Waals surface area (Å²) in [4.78, 5) is 0. The number of allylic oxidation sites excluding steroid dienone is 7. The highest BCUT2D eigenvalue weighted by atomic mass is 35.5. The number of hydrogen-bond donors (Lipinski definition) is 0. The molecule has 140 valence electrons. The molecule has 2 rings (SSSR count). The quantitative estimate of drug-likeness (QED) is 0.296. The predicted octanol–water partition coefficient (Wildman–Crippen LogP) is 6.15. The molecule has 0 radical (unpaired) electrons. The molecule has 0 saturated carbocycles. The van der Waals surface area contributed by atoms with Crippen molar-refractivity contribution >= 4 is 11.6 Å². The average molecular weight is 381 g/mol. The maximum atomic E-state index is 6.01.